The molecule has 0 radical (unpaired) electrons. The maximum atomic E-state index is 6.41. The van der Waals surface area contributed by atoms with Crippen molar-refractivity contribution in [1.29, 1.82) is 0 Å². The van der Waals surface area contributed by atoms with Gasteiger partial charge in [-0.2, -0.15) is 0 Å². The highest BCUT2D eigenvalue weighted by Crippen LogP contribution is 2.34. The predicted molar refractivity (Wildman–Crippen MR) is 89.0 cm³/mol. The first kappa shape index (κ1) is 15.3. The molecule has 0 saturated carbocycles. The summed E-state index contributed by atoms with van der Waals surface area (Å²) in [5, 5.41) is 1.46. The molecule has 2 rings (SSSR count). The van der Waals surface area contributed by atoms with Gasteiger partial charge in [-0.05, 0) is 36.6 Å². The zero-order valence-electron chi connectivity index (χ0n) is 12.7. The highest BCUT2D eigenvalue weighted by Gasteiger charge is 2.23. The lowest BCUT2D eigenvalue weighted by Gasteiger charge is -2.18. The van der Waals surface area contributed by atoms with Gasteiger partial charge in [0, 0.05) is 21.7 Å². The third-order valence-electron chi connectivity index (χ3n) is 3.32. The van der Waals surface area contributed by atoms with E-state index in [0.717, 1.165) is 17.1 Å². The fraction of sp³-hybridized carbons (Fsp3) is 0.438. The van der Waals surface area contributed by atoms with E-state index in [1.54, 1.807) is 11.3 Å². The van der Waals surface area contributed by atoms with Crippen LogP contribution in [0.2, 0.25) is 5.02 Å². The summed E-state index contributed by atoms with van der Waals surface area (Å²) in [7, 11) is 0. The number of rotatable bonds is 2. The van der Waals surface area contributed by atoms with E-state index in [2.05, 4.69) is 45.7 Å². The van der Waals surface area contributed by atoms with E-state index < -0.39 is 0 Å². The Kier molecular flexibility index (Phi) is 4.12. The largest absolute Gasteiger partial charge is 0.375 e. The summed E-state index contributed by atoms with van der Waals surface area (Å²) in [5.74, 6) is 0. The topological polar surface area (TPSA) is 38.9 Å². The number of halogens is 1. The summed E-state index contributed by atoms with van der Waals surface area (Å²) < 4.78 is 0. The Hall–Kier alpha value is -1.06. The van der Waals surface area contributed by atoms with Crippen LogP contribution in [0.25, 0.3) is 0 Å². The standard InChI is InChI=1S/C16H21ClN2S/c1-9-6-10(2)11(12(17)7-9)8-13-14(16(3,4)5)19-15(18)20-13/h6-7H,8H2,1-5H3,(H2,18,19). The van der Waals surface area contributed by atoms with Crippen LogP contribution in [0, 0.1) is 13.8 Å². The molecule has 108 valence electrons. The Labute approximate surface area is 130 Å². The van der Waals surface area contributed by atoms with Crippen molar-refractivity contribution in [3.05, 3.63) is 44.4 Å². The molecule has 2 N–H and O–H groups in total. The number of aryl methyl sites for hydroxylation is 2. The highest BCUT2D eigenvalue weighted by molar-refractivity contribution is 7.15. The first-order valence-electron chi connectivity index (χ1n) is 6.69. The van der Waals surface area contributed by atoms with Gasteiger partial charge in [-0.15, -0.1) is 11.3 Å². The van der Waals surface area contributed by atoms with E-state index in [1.165, 1.54) is 21.6 Å². The van der Waals surface area contributed by atoms with Gasteiger partial charge in [-0.1, -0.05) is 38.4 Å². The van der Waals surface area contributed by atoms with Crippen LogP contribution in [0.3, 0.4) is 0 Å². The van der Waals surface area contributed by atoms with Crippen molar-refractivity contribution in [3.63, 3.8) is 0 Å². The Balaban J connectivity index is 2.46. The van der Waals surface area contributed by atoms with E-state index in [0.29, 0.717) is 5.13 Å². The highest BCUT2D eigenvalue weighted by atomic mass is 35.5. The average molecular weight is 309 g/mol. The summed E-state index contributed by atoms with van der Waals surface area (Å²) in [4.78, 5) is 5.72. The molecule has 0 atom stereocenters. The molecule has 1 aromatic heterocycles. The molecule has 0 aliphatic carbocycles. The minimum atomic E-state index is -0.00543. The van der Waals surface area contributed by atoms with Crippen molar-refractivity contribution in [2.45, 2.75) is 46.5 Å². The van der Waals surface area contributed by atoms with Crippen molar-refractivity contribution in [2.24, 2.45) is 0 Å². The molecular formula is C16H21ClN2S. The molecule has 0 amide bonds. The van der Waals surface area contributed by atoms with Gasteiger partial charge in [0.15, 0.2) is 5.13 Å². The maximum absolute atomic E-state index is 6.41. The van der Waals surface area contributed by atoms with Gasteiger partial charge in [0.1, 0.15) is 0 Å². The van der Waals surface area contributed by atoms with E-state index in [4.69, 9.17) is 17.3 Å². The second kappa shape index (κ2) is 5.38. The molecule has 1 heterocycles. The summed E-state index contributed by atoms with van der Waals surface area (Å²) >= 11 is 7.98. The normalized spacial score (nSPS) is 11.9. The Bertz CT molecular complexity index is 615. The number of benzene rings is 1. The van der Waals surface area contributed by atoms with Crippen LogP contribution in [-0.2, 0) is 11.8 Å². The van der Waals surface area contributed by atoms with Crippen LogP contribution in [0.5, 0.6) is 0 Å². The summed E-state index contributed by atoms with van der Waals surface area (Å²) in [6.45, 7) is 10.7. The summed E-state index contributed by atoms with van der Waals surface area (Å²) in [6, 6.07) is 4.19. The molecule has 0 saturated heterocycles. The number of nitrogens with zero attached hydrogens (tertiary/aromatic N) is 1. The molecule has 0 bridgehead atoms. The summed E-state index contributed by atoms with van der Waals surface area (Å²) in [6.07, 6.45) is 0.798. The Morgan fingerprint density at radius 1 is 1.25 bits per heavy atom. The van der Waals surface area contributed by atoms with Crippen LogP contribution in [0.4, 0.5) is 5.13 Å². The van der Waals surface area contributed by atoms with Crippen molar-refractivity contribution >= 4 is 28.1 Å². The zero-order valence-corrected chi connectivity index (χ0v) is 14.2. The Morgan fingerprint density at radius 3 is 2.45 bits per heavy atom. The monoisotopic (exact) mass is 308 g/mol. The lowest BCUT2D eigenvalue weighted by Crippen LogP contribution is -2.14. The third-order valence-corrected chi connectivity index (χ3v) is 4.55. The minimum absolute atomic E-state index is 0.00543. The predicted octanol–water partition coefficient (Wildman–Crippen LogP) is 4.88. The Morgan fingerprint density at radius 2 is 1.90 bits per heavy atom. The molecule has 20 heavy (non-hydrogen) atoms. The molecule has 4 heteroatoms. The lowest BCUT2D eigenvalue weighted by molar-refractivity contribution is 0.568. The van der Waals surface area contributed by atoms with Crippen LogP contribution in [0.1, 0.15) is 48.0 Å². The van der Waals surface area contributed by atoms with E-state index in [-0.39, 0.29) is 5.41 Å². The number of nitrogens with two attached hydrogens (primary N) is 1. The molecule has 1 aromatic carbocycles. The minimum Gasteiger partial charge on any atom is -0.375 e. The van der Waals surface area contributed by atoms with Crippen LogP contribution in [0.15, 0.2) is 12.1 Å². The number of nitrogen functional groups attached to an aromatic ring is 1. The number of hydrogen-bond acceptors (Lipinski definition) is 3. The number of hydrogen-bond donors (Lipinski definition) is 1. The average Bonchev–Trinajstić information content (AvgIpc) is 2.64. The quantitative estimate of drug-likeness (QED) is 0.858. The van der Waals surface area contributed by atoms with Gasteiger partial charge in [0.25, 0.3) is 0 Å². The molecular weight excluding hydrogens is 288 g/mol. The van der Waals surface area contributed by atoms with E-state index in [1.807, 2.05) is 6.07 Å². The lowest BCUT2D eigenvalue weighted by atomic mass is 9.89. The third kappa shape index (κ3) is 3.15. The van der Waals surface area contributed by atoms with Gasteiger partial charge in [0.05, 0.1) is 5.69 Å². The van der Waals surface area contributed by atoms with Crippen LogP contribution >= 0.6 is 22.9 Å². The van der Waals surface area contributed by atoms with Gasteiger partial charge < -0.3 is 5.73 Å². The van der Waals surface area contributed by atoms with Crippen molar-refractivity contribution in [3.8, 4) is 0 Å². The molecule has 0 aliphatic rings. The molecule has 2 aromatic rings. The first-order chi connectivity index (χ1) is 9.18. The molecule has 0 aliphatic heterocycles. The number of thiazole rings is 1. The van der Waals surface area contributed by atoms with Crippen molar-refractivity contribution in [2.75, 3.05) is 5.73 Å². The van der Waals surface area contributed by atoms with Gasteiger partial charge in [0.2, 0.25) is 0 Å². The first-order valence-corrected chi connectivity index (χ1v) is 7.89. The van der Waals surface area contributed by atoms with Crippen molar-refractivity contribution in [1.82, 2.24) is 4.98 Å². The zero-order chi connectivity index (χ0) is 15.1. The van der Waals surface area contributed by atoms with E-state index in [9.17, 15) is 0 Å². The summed E-state index contributed by atoms with van der Waals surface area (Å²) in [5.41, 5.74) is 10.6. The molecule has 0 unspecified atom stereocenters. The molecule has 0 spiro atoms. The molecule has 0 fully saturated rings. The maximum Gasteiger partial charge on any atom is 0.180 e. The second-order valence-corrected chi connectivity index (χ2v) is 7.82. The second-order valence-electron chi connectivity index (χ2n) is 6.29. The smallest absolute Gasteiger partial charge is 0.180 e. The van der Waals surface area contributed by atoms with Gasteiger partial charge >= 0.3 is 0 Å². The number of aromatic nitrogens is 1. The van der Waals surface area contributed by atoms with E-state index >= 15 is 0 Å². The fourth-order valence-electron chi connectivity index (χ4n) is 2.41. The van der Waals surface area contributed by atoms with Gasteiger partial charge in [-0.25, -0.2) is 4.98 Å². The molecule has 2 nitrogen and oxygen atoms in total. The number of anilines is 1. The SMILES string of the molecule is Cc1cc(C)c(Cc2sc(N)nc2C(C)(C)C)c(Cl)c1. The van der Waals surface area contributed by atoms with Crippen LogP contribution < -0.4 is 5.73 Å². The van der Waals surface area contributed by atoms with Crippen molar-refractivity contribution < 1.29 is 0 Å². The van der Waals surface area contributed by atoms with Crippen LogP contribution in [-0.4, -0.2) is 4.98 Å². The fourth-order valence-corrected chi connectivity index (χ4v) is 3.85. The van der Waals surface area contributed by atoms with Gasteiger partial charge in [-0.3, -0.25) is 0 Å².